The van der Waals surface area contributed by atoms with Gasteiger partial charge in [0.15, 0.2) is 0 Å². The van der Waals surface area contributed by atoms with Gasteiger partial charge in [0, 0.05) is 11.8 Å². The van der Waals surface area contributed by atoms with Gasteiger partial charge in [-0.05, 0) is 31.9 Å². The molecule has 1 N–H and O–H groups in total. The summed E-state index contributed by atoms with van der Waals surface area (Å²) in [6.07, 6.45) is 4.71. The molecule has 0 radical (unpaired) electrons. The average Bonchev–Trinajstić information content (AvgIpc) is 3.32. The van der Waals surface area contributed by atoms with Crippen LogP contribution in [0.3, 0.4) is 0 Å². The van der Waals surface area contributed by atoms with E-state index in [9.17, 15) is 9.90 Å². The van der Waals surface area contributed by atoms with Crippen LogP contribution in [-0.2, 0) is 13.1 Å². The zero-order valence-electron chi connectivity index (χ0n) is 16.0. The van der Waals surface area contributed by atoms with Gasteiger partial charge in [-0.2, -0.15) is 5.10 Å². The van der Waals surface area contributed by atoms with Gasteiger partial charge >= 0.3 is 5.69 Å². The van der Waals surface area contributed by atoms with Crippen LogP contribution in [0.5, 0.6) is 5.88 Å². The Kier molecular flexibility index (Phi) is 4.38. The summed E-state index contributed by atoms with van der Waals surface area (Å²) < 4.78 is 9.60. The van der Waals surface area contributed by atoms with E-state index >= 15 is 0 Å². The van der Waals surface area contributed by atoms with Crippen molar-refractivity contribution in [3.63, 3.8) is 0 Å². The molecule has 0 amide bonds. The van der Waals surface area contributed by atoms with Crippen molar-refractivity contribution in [2.24, 2.45) is 0 Å². The summed E-state index contributed by atoms with van der Waals surface area (Å²) in [5.41, 5.74) is 4.04. The summed E-state index contributed by atoms with van der Waals surface area (Å²) in [4.78, 5) is 12.8. The fourth-order valence-corrected chi connectivity index (χ4v) is 3.25. The fourth-order valence-electron chi connectivity index (χ4n) is 3.25. The van der Waals surface area contributed by atoms with Crippen LogP contribution in [0.25, 0.3) is 5.69 Å². The number of aromatic hydroxyl groups is 1. The Hall–Kier alpha value is -3.55. The van der Waals surface area contributed by atoms with Crippen LogP contribution in [-0.4, -0.2) is 29.2 Å². The molecule has 0 saturated heterocycles. The monoisotopic (exact) mass is 379 g/mol. The Morgan fingerprint density at radius 3 is 2.61 bits per heavy atom. The number of hydrogen-bond donors (Lipinski definition) is 1. The molecule has 0 aliphatic heterocycles. The van der Waals surface area contributed by atoms with Crippen molar-refractivity contribution in [2.75, 3.05) is 0 Å². The lowest BCUT2D eigenvalue weighted by Gasteiger charge is -2.05. The molecule has 0 unspecified atom stereocenters. The van der Waals surface area contributed by atoms with Crippen molar-refractivity contribution in [3.8, 4) is 11.6 Å². The summed E-state index contributed by atoms with van der Waals surface area (Å²) >= 11 is 0. The van der Waals surface area contributed by atoms with Gasteiger partial charge in [0.2, 0.25) is 5.88 Å². The van der Waals surface area contributed by atoms with Gasteiger partial charge in [0.1, 0.15) is 5.76 Å². The third-order valence-electron chi connectivity index (χ3n) is 4.92. The maximum atomic E-state index is 12.8. The van der Waals surface area contributed by atoms with Crippen LogP contribution in [0, 0.1) is 20.8 Å². The Labute approximate surface area is 161 Å². The number of nitrogens with zero attached hydrogens (tertiary/aromatic N) is 5. The van der Waals surface area contributed by atoms with E-state index in [-0.39, 0.29) is 11.6 Å². The van der Waals surface area contributed by atoms with Gasteiger partial charge in [-0.1, -0.05) is 29.4 Å². The fraction of sp³-hybridized carbons (Fsp3) is 0.250. The van der Waals surface area contributed by atoms with E-state index in [1.54, 1.807) is 17.1 Å². The van der Waals surface area contributed by atoms with Crippen LogP contribution >= 0.6 is 0 Å². The van der Waals surface area contributed by atoms with Crippen LogP contribution in [0.1, 0.15) is 28.1 Å². The zero-order valence-corrected chi connectivity index (χ0v) is 16.0. The number of imidazole rings is 1. The minimum atomic E-state index is -0.322. The van der Waals surface area contributed by atoms with E-state index in [1.165, 1.54) is 15.3 Å². The maximum Gasteiger partial charge on any atom is 0.336 e. The minimum absolute atomic E-state index is 0.129. The van der Waals surface area contributed by atoms with Crippen molar-refractivity contribution < 1.29 is 9.63 Å². The third kappa shape index (κ3) is 3.13. The van der Waals surface area contributed by atoms with Gasteiger partial charge in [-0.15, -0.1) is 0 Å². The summed E-state index contributed by atoms with van der Waals surface area (Å²) in [6.45, 7) is 6.58. The zero-order chi connectivity index (χ0) is 19.8. The van der Waals surface area contributed by atoms with Crippen molar-refractivity contribution in [1.82, 2.24) is 24.1 Å². The van der Waals surface area contributed by atoms with Crippen molar-refractivity contribution >= 4 is 0 Å². The van der Waals surface area contributed by atoms with Crippen LogP contribution < -0.4 is 5.69 Å². The highest BCUT2D eigenvalue weighted by atomic mass is 16.5. The van der Waals surface area contributed by atoms with E-state index in [2.05, 4.69) is 10.3 Å². The molecule has 4 aromatic rings. The molecular formula is C20H21N5O3. The molecule has 0 saturated carbocycles. The highest BCUT2D eigenvalue weighted by molar-refractivity contribution is 5.32. The molecule has 0 spiro atoms. The summed E-state index contributed by atoms with van der Waals surface area (Å²) in [6, 6.07) is 7.86. The summed E-state index contributed by atoms with van der Waals surface area (Å²) in [5, 5.41) is 18.6. The van der Waals surface area contributed by atoms with Crippen LogP contribution in [0.2, 0.25) is 0 Å². The Morgan fingerprint density at radius 1 is 1.11 bits per heavy atom. The molecule has 0 bridgehead atoms. The average molecular weight is 379 g/mol. The maximum absolute atomic E-state index is 12.8. The predicted octanol–water partition coefficient (Wildman–Crippen LogP) is 2.55. The SMILES string of the molecule is Cc1ccccc1Cn1cc(O)n(-c2cnn(Cc3c(C)noc3C)c2)c1=O. The molecule has 1 aromatic carbocycles. The number of aryl methyl sites for hydroxylation is 3. The Balaban J connectivity index is 1.64. The molecule has 3 aromatic heterocycles. The first-order chi connectivity index (χ1) is 13.4. The van der Waals surface area contributed by atoms with Crippen LogP contribution in [0.4, 0.5) is 0 Å². The number of hydrogen-bond acceptors (Lipinski definition) is 5. The van der Waals surface area contributed by atoms with Crippen LogP contribution in [0.15, 0.2) is 52.2 Å². The van der Waals surface area contributed by atoms with Gasteiger partial charge in [-0.25, -0.2) is 9.36 Å². The second kappa shape index (κ2) is 6.88. The smallest absolute Gasteiger partial charge is 0.336 e. The molecule has 0 aliphatic rings. The molecule has 0 atom stereocenters. The Bertz CT molecular complexity index is 1180. The highest BCUT2D eigenvalue weighted by Gasteiger charge is 2.16. The normalized spacial score (nSPS) is 11.2. The van der Waals surface area contributed by atoms with E-state index < -0.39 is 0 Å². The van der Waals surface area contributed by atoms with Crippen molar-refractivity contribution in [3.05, 3.63) is 81.5 Å². The molecule has 8 nitrogen and oxygen atoms in total. The lowest BCUT2D eigenvalue weighted by molar-refractivity contribution is 0.391. The molecule has 28 heavy (non-hydrogen) atoms. The lowest BCUT2D eigenvalue weighted by Crippen LogP contribution is -2.23. The van der Waals surface area contributed by atoms with Gasteiger partial charge < -0.3 is 9.63 Å². The van der Waals surface area contributed by atoms with Gasteiger partial charge in [0.05, 0.1) is 36.9 Å². The first-order valence-electron chi connectivity index (χ1n) is 8.94. The summed E-state index contributed by atoms with van der Waals surface area (Å²) in [7, 11) is 0. The lowest BCUT2D eigenvalue weighted by atomic mass is 10.1. The van der Waals surface area contributed by atoms with Gasteiger partial charge in [-0.3, -0.25) is 9.25 Å². The van der Waals surface area contributed by atoms with Crippen molar-refractivity contribution in [2.45, 2.75) is 33.9 Å². The summed E-state index contributed by atoms with van der Waals surface area (Å²) in [5.74, 6) is 0.606. The molecule has 0 fully saturated rings. The second-order valence-corrected chi connectivity index (χ2v) is 6.86. The molecular weight excluding hydrogens is 358 g/mol. The first-order valence-corrected chi connectivity index (χ1v) is 8.94. The van der Waals surface area contributed by atoms with E-state index in [4.69, 9.17) is 4.52 Å². The van der Waals surface area contributed by atoms with Crippen molar-refractivity contribution in [1.29, 1.82) is 0 Å². The number of rotatable bonds is 5. The first kappa shape index (κ1) is 17.8. The number of benzene rings is 1. The predicted molar refractivity (Wildman–Crippen MR) is 103 cm³/mol. The topological polar surface area (TPSA) is 91.0 Å². The largest absolute Gasteiger partial charge is 0.493 e. The molecule has 4 rings (SSSR count). The standard InChI is InChI=1S/C20H21N5O3/c1-13-6-4-5-7-16(13)9-23-12-19(26)25(20(23)27)17-8-21-24(10-17)11-18-14(2)22-28-15(18)3/h4-8,10,12,26H,9,11H2,1-3H3. The van der Waals surface area contributed by atoms with E-state index in [0.29, 0.717) is 18.8 Å². The molecule has 3 heterocycles. The Morgan fingerprint density at radius 2 is 1.89 bits per heavy atom. The van der Waals surface area contributed by atoms with E-state index in [0.717, 1.165) is 28.1 Å². The van der Waals surface area contributed by atoms with Gasteiger partial charge in [0.25, 0.3) is 0 Å². The quantitative estimate of drug-likeness (QED) is 0.575. The molecule has 8 heteroatoms. The molecule has 144 valence electrons. The molecule has 0 aliphatic carbocycles. The second-order valence-electron chi connectivity index (χ2n) is 6.86. The van der Waals surface area contributed by atoms with E-state index in [1.807, 2.05) is 45.0 Å². The highest BCUT2D eigenvalue weighted by Crippen LogP contribution is 2.18. The number of aromatic nitrogens is 5. The third-order valence-corrected chi connectivity index (χ3v) is 4.92. The minimum Gasteiger partial charge on any atom is -0.493 e.